The van der Waals surface area contributed by atoms with E-state index in [9.17, 15) is 23.6 Å². The van der Waals surface area contributed by atoms with Crippen LogP contribution in [0.15, 0.2) is 80.8 Å². The van der Waals surface area contributed by atoms with Crippen LogP contribution in [0.4, 0.5) is 4.39 Å². The van der Waals surface area contributed by atoms with E-state index in [1.54, 1.807) is 36.4 Å². The lowest BCUT2D eigenvalue weighted by molar-refractivity contribution is 0.102. The molecule has 4 heterocycles. The highest BCUT2D eigenvalue weighted by Gasteiger charge is 2.32. The topological polar surface area (TPSA) is 131 Å². The average Bonchev–Trinajstić information content (AvgIpc) is 3.48. The Morgan fingerprint density at radius 1 is 0.830 bits per heavy atom. The second kappa shape index (κ2) is 11.2. The Morgan fingerprint density at radius 3 is 2.06 bits per heavy atom. The highest BCUT2D eigenvalue weighted by atomic mass is 79.9. The van der Waals surface area contributed by atoms with Crippen LogP contribution in [0.5, 0.6) is 0 Å². The first-order chi connectivity index (χ1) is 22.5. The van der Waals surface area contributed by atoms with E-state index in [-0.39, 0.29) is 34.1 Å². The first-order valence-electron chi connectivity index (χ1n) is 14.0. The third kappa shape index (κ3) is 4.70. The summed E-state index contributed by atoms with van der Waals surface area (Å²) in [4.78, 5) is 61.4. The van der Waals surface area contributed by atoms with Gasteiger partial charge in [0.25, 0.3) is 11.1 Å². The quantitative estimate of drug-likeness (QED) is 0.235. The molecule has 0 radical (unpaired) electrons. The highest BCUT2D eigenvalue weighted by Crippen LogP contribution is 2.31. The van der Waals surface area contributed by atoms with Gasteiger partial charge in [-0.1, -0.05) is 23.7 Å². The van der Waals surface area contributed by atoms with Crippen LogP contribution in [0.3, 0.4) is 0 Å². The highest BCUT2D eigenvalue weighted by molar-refractivity contribution is 9.10. The zero-order valence-corrected chi connectivity index (χ0v) is 26.9. The van der Waals surface area contributed by atoms with E-state index in [1.807, 2.05) is 31.1 Å². The molecule has 0 spiro atoms. The van der Waals surface area contributed by atoms with Crippen molar-refractivity contribution in [2.45, 2.75) is 6.54 Å². The number of fused-ring (bicyclic) bond motifs is 8. The molecule has 0 atom stereocenters. The molecule has 0 fully saturated rings. The van der Waals surface area contributed by atoms with Crippen LogP contribution < -0.4 is 11.1 Å². The summed E-state index contributed by atoms with van der Waals surface area (Å²) in [5.41, 5.74) is 2.51. The van der Waals surface area contributed by atoms with Crippen molar-refractivity contribution in [2.75, 3.05) is 14.1 Å². The van der Waals surface area contributed by atoms with Crippen molar-refractivity contribution in [3.8, 4) is 17.4 Å². The van der Waals surface area contributed by atoms with Crippen LogP contribution in [0.1, 0.15) is 43.5 Å². The molecule has 0 amide bonds. The molecule has 10 nitrogen and oxygen atoms in total. The maximum atomic E-state index is 13.3. The second-order valence-corrected chi connectivity index (χ2v) is 12.4. The zero-order valence-electron chi connectivity index (χ0n) is 24.5. The van der Waals surface area contributed by atoms with E-state index in [1.165, 1.54) is 27.3 Å². The zero-order chi connectivity index (χ0) is 33.3. The van der Waals surface area contributed by atoms with E-state index < -0.39 is 11.6 Å². The normalized spacial score (nSPS) is 12.4. The van der Waals surface area contributed by atoms with Gasteiger partial charge in [-0.05, 0) is 90.2 Å². The average molecular weight is 710 g/mol. The van der Waals surface area contributed by atoms with Gasteiger partial charge in [-0.15, -0.1) is 0 Å². The molecule has 0 aliphatic carbocycles. The number of carbonyl (C=O) groups is 2. The molecule has 6 aromatic rings. The Morgan fingerprint density at radius 2 is 1.43 bits per heavy atom. The van der Waals surface area contributed by atoms with Crippen LogP contribution in [0.25, 0.3) is 33.2 Å². The van der Waals surface area contributed by atoms with Crippen molar-refractivity contribution in [1.82, 2.24) is 24.0 Å². The molecule has 0 saturated carbocycles. The van der Waals surface area contributed by atoms with E-state index in [0.29, 0.717) is 60.3 Å². The molecule has 0 bridgehead atoms. The monoisotopic (exact) mass is 708 g/mol. The van der Waals surface area contributed by atoms with Crippen LogP contribution >= 0.6 is 27.5 Å². The van der Waals surface area contributed by atoms with E-state index >= 15 is 0 Å². The minimum Gasteiger partial charge on any atom is -0.305 e. The number of benzene rings is 4. The van der Waals surface area contributed by atoms with Crippen molar-refractivity contribution in [2.24, 2.45) is 0 Å². The summed E-state index contributed by atoms with van der Waals surface area (Å²) in [5, 5.41) is 10.1. The third-order valence-electron chi connectivity index (χ3n) is 7.85. The van der Waals surface area contributed by atoms with Gasteiger partial charge in [0, 0.05) is 11.0 Å². The molecule has 0 N–H and O–H groups in total. The predicted molar refractivity (Wildman–Crippen MR) is 176 cm³/mol. The van der Waals surface area contributed by atoms with Crippen molar-refractivity contribution in [3.05, 3.63) is 137 Å². The Balaban J connectivity index is 0.000000153. The van der Waals surface area contributed by atoms with Gasteiger partial charge in [0.15, 0.2) is 11.6 Å². The molecule has 2 aliphatic heterocycles. The Hall–Kier alpha value is -5.35. The molecule has 47 heavy (non-hydrogen) atoms. The first kappa shape index (κ1) is 30.3. The van der Waals surface area contributed by atoms with Crippen LogP contribution in [0.2, 0.25) is 5.02 Å². The summed E-state index contributed by atoms with van der Waals surface area (Å²) < 4.78 is 16.5. The van der Waals surface area contributed by atoms with Crippen molar-refractivity contribution in [1.29, 1.82) is 5.26 Å². The lowest BCUT2D eigenvalue weighted by Crippen LogP contribution is -2.22. The minimum atomic E-state index is -0.520. The van der Waals surface area contributed by atoms with Gasteiger partial charge in [0.05, 0.1) is 61.0 Å². The van der Waals surface area contributed by atoms with E-state index in [0.717, 1.165) is 11.6 Å². The summed E-state index contributed by atoms with van der Waals surface area (Å²) in [6, 6.07) is 19.1. The standard InChI is InChI=1S/C19H13ClN4O2.C15H6BrFN2O2/c1-23(2)9-11-4-5-13-15(16(11)20)19(26)24-14-6-3-10(8-21)7-12(14)17(25)18(24)22-13;16-9-2-1-3-10-12(9)15(21)19-11-5-4-7(17)6-8(11)13(20)14(19)18-10/h3-7H,9H2,1-2H3;1-6H. The number of hydrogen-bond donors (Lipinski definition) is 0. The lowest BCUT2D eigenvalue weighted by Gasteiger charge is -2.13. The minimum absolute atomic E-state index is 0.0196. The van der Waals surface area contributed by atoms with E-state index in [2.05, 4.69) is 25.9 Å². The lowest BCUT2D eigenvalue weighted by atomic mass is 10.1. The summed E-state index contributed by atoms with van der Waals surface area (Å²) >= 11 is 9.82. The van der Waals surface area contributed by atoms with Gasteiger partial charge in [0.1, 0.15) is 5.82 Å². The van der Waals surface area contributed by atoms with Crippen molar-refractivity contribution < 1.29 is 14.0 Å². The van der Waals surface area contributed by atoms with Gasteiger partial charge >= 0.3 is 0 Å². The SMILES string of the molecule is CN(C)Cc1ccc2nc3n(c(=O)c2c1Cl)-c1ccc(C#N)cc1C3=O.O=C1c2cc(F)ccc2-n2c1nc1cccc(Br)c1c2=O. The molecule has 13 heteroatoms. The largest absolute Gasteiger partial charge is 0.305 e. The molecular weight excluding hydrogens is 691 g/mol. The number of ketones is 2. The fourth-order valence-electron chi connectivity index (χ4n) is 5.79. The molecule has 8 rings (SSSR count). The third-order valence-corrected chi connectivity index (χ3v) is 8.94. The summed E-state index contributed by atoms with van der Waals surface area (Å²) in [6.07, 6.45) is 0. The molecular formula is C34H19BrClFN6O4. The fraction of sp³-hybridized carbons (Fsp3) is 0.0882. The number of aromatic nitrogens is 4. The Labute approximate surface area is 278 Å². The molecule has 2 aromatic heterocycles. The molecule has 2 aliphatic rings. The van der Waals surface area contributed by atoms with Gasteiger partial charge < -0.3 is 4.90 Å². The van der Waals surface area contributed by atoms with Crippen molar-refractivity contribution >= 4 is 60.9 Å². The van der Waals surface area contributed by atoms with Gasteiger partial charge in [-0.2, -0.15) is 5.26 Å². The maximum Gasteiger partial charge on any atom is 0.267 e. The van der Waals surface area contributed by atoms with Gasteiger partial charge in [-0.3, -0.25) is 28.3 Å². The summed E-state index contributed by atoms with van der Waals surface area (Å²) in [7, 11) is 3.83. The summed E-state index contributed by atoms with van der Waals surface area (Å²) in [5.74, 6) is -1.27. The fourth-order valence-corrected chi connectivity index (χ4v) is 6.62. The van der Waals surface area contributed by atoms with Gasteiger partial charge in [0.2, 0.25) is 11.6 Å². The molecule has 0 unspecified atom stereocenters. The predicted octanol–water partition coefficient (Wildman–Crippen LogP) is 5.35. The van der Waals surface area contributed by atoms with Crippen molar-refractivity contribution in [3.63, 3.8) is 0 Å². The van der Waals surface area contributed by atoms with Gasteiger partial charge in [-0.25, -0.2) is 14.4 Å². The smallest absolute Gasteiger partial charge is 0.267 e. The molecule has 0 saturated heterocycles. The Bertz CT molecular complexity index is 2570. The number of carbonyl (C=O) groups excluding carboxylic acids is 2. The first-order valence-corrected chi connectivity index (χ1v) is 15.2. The van der Waals surface area contributed by atoms with Crippen LogP contribution in [-0.4, -0.2) is 49.7 Å². The number of hydrogen-bond acceptors (Lipinski definition) is 8. The molecule has 4 aromatic carbocycles. The molecule has 230 valence electrons. The van der Waals surface area contributed by atoms with Crippen LogP contribution in [0, 0.1) is 17.1 Å². The van der Waals surface area contributed by atoms with E-state index in [4.69, 9.17) is 16.9 Å². The number of halogens is 3. The van der Waals surface area contributed by atoms with Crippen LogP contribution in [-0.2, 0) is 6.54 Å². The second-order valence-electron chi connectivity index (χ2n) is 11.1. The Kier molecular flexibility index (Phi) is 7.20. The maximum absolute atomic E-state index is 13.3. The number of rotatable bonds is 2. The number of nitrogens with zero attached hydrogens (tertiary/aromatic N) is 6. The number of nitriles is 1. The summed E-state index contributed by atoms with van der Waals surface area (Å²) in [6.45, 7) is 0.580.